The van der Waals surface area contributed by atoms with Gasteiger partial charge in [0.25, 0.3) is 6.43 Å². The van der Waals surface area contributed by atoms with E-state index in [-0.39, 0.29) is 27.2 Å². The van der Waals surface area contributed by atoms with E-state index in [1.807, 2.05) is 24.8 Å². The Morgan fingerprint density at radius 1 is 1.31 bits per heavy atom. The number of hydrogen-bond donors (Lipinski definition) is 2. The second-order valence-corrected chi connectivity index (χ2v) is 13.3. The van der Waals surface area contributed by atoms with Gasteiger partial charge in [-0.3, -0.25) is 0 Å². The number of alkyl halides is 2. The van der Waals surface area contributed by atoms with Crippen LogP contribution in [0.15, 0.2) is 17.0 Å². The van der Waals surface area contributed by atoms with E-state index in [4.69, 9.17) is 4.74 Å². The molecule has 0 radical (unpaired) electrons. The number of halogens is 2. The number of hydrogen-bond acceptors (Lipinski definition) is 11. The van der Waals surface area contributed by atoms with Crippen LogP contribution in [0, 0.1) is 18.3 Å². The summed E-state index contributed by atoms with van der Waals surface area (Å²) in [6.45, 7) is 7.20. The molecule has 208 valence electrons. The molecule has 2 fully saturated rings. The van der Waals surface area contributed by atoms with E-state index in [0.29, 0.717) is 66.3 Å². The molecule has 0 bridgehead atoms. The Bertz CT molecular complexity index is 1570. The number of sulfonamides is 1. The standard InChI is InChI=1S/C24H28F2N8O3S2/c1-13-28-18-16(19(29-13)21-31-32-22(38-21)20(25)26)7-15(39(35,36)33-24(11-27)5-6-24)8-17(18)34-9-14(10-37-4)30-23(2,3)12-34/h7-8,14,20,30,33H,5-6,9-10,12H2,1-4H3. The molecule has 1 aliphatic heterocycles. The average Bonchev–Trinajstić information content (AvgIpc) is 3.43. The molecule has 1 saturated heterocycles. The van der Waals surface area contributed by atoms with E-state index in [0.717, 1.165) is 0 Å². The summed E-state index contributed by atoms with van der Waals surface area (Å²) >= 11 is 0.692. The van der Waals surface area contributed by atoms with Gasteiger partial charge in [-0.1, -0.05) is 11.3 Å². The number of benzene rings is 1. The van der Waals surface area contributed by atoms with Gasteiger partial charge in [-0.2, -0.15) is 9.98 Å². The van der Waals surface area contributed by atoms with Crippen LogP contribution in [-0.4, -0.2) is 72.5 Å². The predicted molar refractivity (Wildman–Crippen MR) is 141 cm³/mol. The molecule has 0 amide bonds. The van der Waals surface area contributed by atoms with Crippen molar-refractivity contribution in [3.8, 4) is 16.8 Å². The number of fused-ring (bicyclic) bond motifs is 1. The van der Waals surface area contributed by atoms with Crippen molar-refractivity contribution >= 4 is 38.0 Å². The van der Waals surface area contributed by atoms with Crippen molar-refractivity contribution in [2.24, 2.45) is 0 Å². The van der Waals surface area contributed by atoms with Gasteiger partial charge in [0.2, 0.25) is 10.0 Å². The Morgan fingerprint density at radius 2 is 2.05 bits per heavy atom. The van der Waals surface area contributed by atoms with Gasteiger partial charge in [-0.25, -0.2) is 27.2 Å². The van der Waals surface area contributed by atoms with Crippen molar-refractivity contribution in [2.45, 2.75) is 62.1 Å². The lowest BCUT2D eigenvalue weighted by Crippen LogP contribution is -2.63. The summed E-state index contributed by atoms with van der Waals surface area (Å²) in [7, 11) is -2.52. The highest BCUT2D eigenvalue weighted by atomic mass is 32.2. The fraction of sp³-hybridized carbons (Fsp3) is 0.542. The normalized spacial score (nSPS) is 20.4. The minimum absolute atomic E-state index is 0.0559. The van der Waals surface area contributed by atoms with Crippen LogP contribution >= 0.6 is 11.3 Å². The minimum Gasteiger partial charge on any atom is -0.383 e. The number of aryl methyl sites for hydroxylation is 1. The van der Waals surface area contributed by atoms with Crippen LogP contribution in [0.3, 0.4) is 0 Å². The SMILES string of the molecule is COCC1CN(c2cc(S(=O)(=O)NC3(C#N)CC3)cc3c(-c4nnc(C(F)F)s4)nc(C)nc23)CC(C)(C)N1. The lowest BCUT2D eigenvalue weighted by Gasteiger charge is -2.45. The van der Waals surface area contributed by atoms with Gasteiger partial charge >= 0.3 is 0 Å². The lowest BCUT2D eigenvalue weighted by atomic mass is 9.97. The van der Waals surface area contributed by atoms with Crippen LogP contribution in [0.1, 0.15) is 43.9 Å². The molecular formula is C24H28F2N8O3S2. The molecule has 39 heavy (non-hydrogen) atoms. The van der Waals surface area contributed by atoms with Crippen molar-refractivity contribution < 1.29 is 21.9 Å². The Hall–Kier alpha value is -2.90. The summed E-state index contributed by atoms with van der Waals surface area (Å²) in [6.07, 6.45) is -1.96. The molecule has 5 rings (SSSR count). The summed E-state index contributed by atoms with van der Waals surface area (Å²) < 4.78 is 61.7. The smallest absolute Gasteiger partial charge is 0.291 e. The van der Waals surface area contributed by atoms with E-state index < -0.39 is 27.0 Å². The number of nitriles is 1. The van der Waals surface area contributed by atoms with E-state index in [1.54, 1.807) is 20.1 Å². The number of anilines is 1. The van der Waals surface area contributed by atoms with Crippen molar-refractivity contribution in [1.29, 1.82) is 5.26 Å². The fourth-order valence-electron chi connectivity index (χ4n) is 4.89. The summed E-state index contributed by atoms with van der Waals surface area (Å²) in [4.78, 5) is 11.1. The second kappa shape index (κ2) is 9.93. The fourth-order valence-corrected chi connectivity index (χ4v) is 7.01. The Morgan fingerprint density at radius 3 is 2.67 bits per heavy atom. The van der Waals surface area contributed by atoms with Crippen LogP contribution in [0.4, 0.5) is 14.5 Å². The molecule has 15 heteroatoms. The molecule has 3 aromatic rings. The third kappa shape index (κ3) is 5.57. The van der Waals surface area contributed by atoms with Crippen LogP contribution < -0.4 is 14.9 Å². The van der Waals surface area contributed by atoms with Crippen LogP contribution in [0.2, 0.25) is 0 Å². The van der Waals surface area contributed by atoms with E-state index >= 15 is 0 Å². The predicted octanol–water partition coefficient (Wildman–Crippen LogP) is 2.93. The number of rotatable bonds is 8. The monoisotopic (exact) mass is 578 g/mol. The molecule has 2 N–H and O–H groups in total. The quantitative estimate of drug-likeness (QED) is 0.409. The van der Waals surface area contributed by atoms with E-state index in [2.05, 4.69) is 30.2 Å². The number of methoxy groups -OCH3 is 1. The van der Waals surface area contributed by atoms with Crippen LogP contribution in [0.25, 0.3) is 21.6 Å². The zero-order valence-corrected chi connectivity index (χ0v) is 23.5. The van der Waals surface area contributed by atoms with Gasteiger partial charge in [0.15, 0.2) is 10.0 Å². The highest BCUT2D eigenvalue weighted by molar-refractivity contribution is 7.89. The number of nitrogens with zero attached hydrogens (tertiary/aromatic N) is 6. The summed E-state index contributed by atoms with van der Waals surface area (Å²) in [6, 6.07) is 4.95. The second-order valence-electron chi connectivity index (χ2n) is 10.6. The van der Waals surface area contributed by atoms with E-state index in [9.17, 15) is 22.5 Å². The molecule has 1 unspecified atom stereocenters. The van der Waals surface area contributed by atoms with Gasteiger partial charge in [0.05, 0.1) is 28.8 Å². The first-order chi connectivity index (χ1) is 18.4. The maximum atomic E-state index is 13.5. The average molecular weight is 579 g/mol. The molecule has 2 aromatic heterocycles. The lowest BCUT2D eigenvalue weighted by molar-refractivity contribution is 0.140. The summed E-state index contributed by atoms with van der Waals surface area (Å²) in [5, 5.41) is 20.6. The molecule has 1 aliphatic carbocycles. The molecule has 0 spiro atoms. The highest BCUT2D eigenvalue weighted by Crippen LogP contribution is 2.40. The zero-order valence-electron chi connectivity index (χ0n) is 21.8. The Labute approximate surface area is 228 Å². The van der Waals surface area contributed by atoms with E-state index in [1.165, 1.54) is 6.07 Å². The molecule has 3 heterocycles. The Balaban J connectivity index is 1.73. The molecule has 1 saturated carbocycles. The molecular weight excluding hydrogens is 550 g/mol. The third-order valence-electron chi connectivity index (χ3n) is 6.63. The topological polar surface area (TPSA) is 146 Å². The Kier molecular flexibility index (Phi) is 7.04. The summed E-state index contributed by atoms with van der Waals surface area (Å²) in [5.74, 6) is 0.366. The minimum atomic E-state index is -4.14. The maximum absolute atomic E-state index is 13.5. The molecule has 11 nitrogen and oxygen atoms in total. The number of piperazine rings is 1. The summed E-state index contributed by atoms with van der Waals surface area (Å²) in [5.41, 5.74) is -0.275. The van der Waals surface area contributed by atoms with Crippen molar-refractivity contribution in [2.75, 3.05) is 31.7 Å². The number of aromatic nitrogens is 4. The number of ether oxygens (including phenoxy) is 1. The number of nitrogens with one attached hydrogen (secondary N) is 2. The maximum Gasteiger partial charge on any atom is 0.291 e. The van der Waals surface area contributed by atoms with Crippen LogP contribution in [0.5, 0.6) is 0 Å². The highest BCUT2D eigenvalue weighted by Gasteiger charge is 2.47. The first-order valence-corrected chi connectivity index (χ1v) is 14.6. The van der Waals surface area contributed by atoms with Gasteiger partial charge in [-0.05, 0) is 45.7 Å². The van der Waals surface area contributed by atoms with Crippen molar-refractivity contribution in [3.63, 3.8) is 0 Å². The molecule has 2 aliphatic rings. The van der Waals surface area contributed by atoms with Crippen LogP contribution in [-0.2, 0) is 14.8 Å². The van der Waals surface area contributed by atoms with Crippen molar-refractivity contribution in [1.82, 2.24) is 30.2 Å². The van der Waals surface area contributed by atoms with Gasteiger partial charge in [0.1, 0.15) is 17.1 Å². The first kappa shape index (κ1) is 27.7. The van der Waals surface area contributed by atoms with Gasteiger partial charge in [0, 0.05) is 37.2 Å². The molecule has 1 aromatic carbocycles. The third-order valence-corrected chi connectivity index (χ3v) is 9.08. The molecule has 1 atom stereocenters. The van der Waals surface area contributed by atoms with Gasteiger partial charge < -0.3 is 15.0 Å². The van der Waals surface area contributed by atoms with Gasteiger partial charge in [-0.15, -0.1) is 10.2 Å². The largest absolute Gasteiger partial charge is 0.383 e. The zero-order chi connectivity index (χ0) is 28.2. The first-order valence-electron chi connectivity index (χ1n) is 12.3. The van der Waals surface area contributed by atoms with Crippen molar-refractivity contribution in [3.05, 3.63) is 23.0 Å².